The molecule has 3 aromatic heterocycles. The molecule has 0 spiro atoms. The van der Waals surface area contributed by atoms with Gasteiger partial charge in [0.05, 0.1) is 12.1 Å². The Labute approximate surface area is 218 Å². The van der Waals surface area contributed by atoms with Crippen molar-refractivity contribution in [2.45, 2.75) is 13.1 Å². The van der Waals surface area contributed by atoms with Gasteiger partial charge in [0.25, 0.3) is 5.91 Å². The van der Waals surface area contributed by atoms with Crippen LogP contribution < -0.4 is 15.5 Å². The largest absolute Gasteiger partial charge is 0.416 e. The Hall–Kier alpha value is -5.14. The molecule has 0 bridgehead atoms. The van der Waals surface area contributed by atoms with Crippen molar-refractivity contribution in [3.63, 3.8) is 0 Å². The second kappa shape index (κ2) is 9.31. The number of carbonyl (C=O) groups is 1. The van der Waals surface area contributed by atoms with E-state index in [9.17, 15) is 18.0 Å². The van der Waals surface area contributed by atoms with Gasteiger partial charge in [0.2, 0.25) is 12.3 Å². The summed E-state index contributed by atoms with van der Waals surface area (Å²) in [4.78, 5) is 32.1. The van der Waals surface area contributed by atoms with Crippen molar-refractivity contribution in [2.24, 2.45) is 4.99 Å². The number of aryl methyl sites for hydroxylation is 1. The minimum Gasteiger partial charge on any atom is -0.411 e. The minimum atomic E-state index is -4.58. The zero-order valence-electron chi connectivity index (χ0n) is 20.2. The molecule has 39 heavy (non-hydrogen) atoms. The zero-order valence-corrected chi connectivity index (χ0v) is 20.2. The van der Waals surface area contributed by atoms with Gasteiger partial charge < -0.3 is 14.6 Å². The van der Waals surface area contributed by atoms with Gasteiger partial charge in [-0.25, -0.2) is 4.98 Å². The van der Waals surface area contributed by atoms with Gasteiger partial charge in [-0.2, -0.15) is 18.2 Å². The number of alkyl halides is 3. The van der Waals surface area contributed by atoms with Crippen LogP contribution in [0.5, 0.6) is 0 Å². The highest BCUT2D eigenvalue weighted by Crippen LogP contribution is 2.37. The van der Waals surface area contributed by atoms with Crippen LogP contribution in [-0.4, -0.2) is 50.0 Å². The van der Waals surface area contributed by atoms with E-state index in [4.69, 9.17) is 4.42 Å². The molecule has 5 heterocycles. The summed E-state index contributed by atoms with van der Waals surface area (Å²) < 4.78 is 44.3. The third-order valence-electron chi connectivity index (χ3n) is 6.12. The number of nitrogens with zero attached hydrogens (tertiary/aromatic N) is 7. The molecule has 1 aromatic carbocycles. The molecule has 1 amide bonds. The summed E-state index contributed by atoms with van der Waals surface area (Å²) in [6.45, 7) is 3.08. The van der Waals surface area contributed by atoms with E-state index >= 15 is 0 Å². The van der Waals surface area contributed by atoms with Gasteiger partial charge >= 0.3 is 12.2 Å². The topological polar surface area (TPSA) is 134 Å². The normalized spacial score (nSPS) is 14.3. The highest BCUT2D eigenvalue weighted by molar-refractivity contribution is 6.36. The molecule has 0 aliphatic carbocycles. The Morgan fingerprint density at radius 3 is 2.82 bits per heavy atom. The summed E-state index contributed by atoms with van der Waals surface area (Å²) in [5.74, 6) is 0.888. The molecule has 0 unspecified atom stereocenters. The van der Waals surface area contributed by atoms with Gasteiger partial charge in [0.1, 0.15) is 17.3 Å². The molecule has 0 saturated heterocycles. The molecule has 196 valence electrons. The first-order chi connectivity index (χ1) is 18.8. The summed E-state index contributed by atoms with van der Waals surface area (Å²) in [6, 6.07) is 6.94. The molecule has 2 aliphatic heterocycles. The number of benzene rings is 1. The number of nitrogens with one attached hydrogen (secondary N) is 2. The van der Waals surface area contributed by atoms with Crippen LogP contribution in [-0.2, 0) is 6.18 Å². The Kier molecular flexibility index (Phi) is 5.78. The lowest BCUT2D eigenvalue weighted by molar-refractivity contribution is -0.137. The number of aromatic nitrogens is 5. The molecule has 0 radical (unpaired) electrons. The lowest BCUT2D eigenvalue weighted by Crippen LogP contribution is -2.32. The Morgan fingerprint density at radius 1 is 1.15 bits per heavy atom. The number of aliphatic imine (C=N–C) groups is 1. The van der Waals surface area contributed by atoms with Crippen LogP contribution >= 0.6 is 0 Å². The number of carbonyl (C=O) groups excluding carboxylic acids is 1. The SMILES string of the molecule is Cc1ccc(NC(=O)c2cc(C(F)(F)F)ccn2)cc1C1=Cc2cnc(Nc3nnco3)nc2N2CCN=C12. The number of amides is 1. The molecular formula is C25H18F3N9O2. The molecule has 2 N–H and O–H groups in total. The Morgan fingerprint density at radius 2 is 2.03 bits per heavy atom. The molecule has 11 nitrogen and oxygen atoms in total. The van der Waals surface area contributed by atoms with Gasteiger partial charge in [-0.05, 0) is 48.4 Å². The van der Waals surface area contributed by atoms with Gasteiger partial charge in [-0.15, -0.1) is 5.10 Å². The summed E-state index contributed by atoms with van der Waals surface area (Å²) in [5, 5.41) is 12.9. The number of halogens is 3. The highest BCUT2D eigenvalue weighted by Gasteiger charge is 2.32. The maximum absolute atomic E-state index is 13.1. The summed E-state index contributed by atoms with van der Waals surface area (Å²) >= 11 is 0. The van der Waals surface area contributed by atoms with Gasteiger partial charge in [-0.1, -0.05) is 11.2 Å². The summed E-state index contributed by atoms with van der Waals surface area (Å²) in [7, 11) is 0. The van der Waals surface area contributed by atoms with Crippen LogP contribution in [0, 0.1) is 6.92 Å². The number of anilines is 4. The van der Waals surface area contributed by atoms with E-state index in [1.54, 1.807) is 18.3 Å². The monoisotopic (exact) mass is 533 g/mol. The van der Waals surface area contributed by atoms with Crippen molar-refractivity contribution < 1.29 is 22.4 Å². The van der Waals surface area contributed by atoms with Gasteiger partial charge in [0, 0.05) is 35.8 Å². The number of amidine groups is 1. The fourth-order valence-corrected chi connectivity index (χ4v) is 4.30. The quantitative estimate of drug-likeness (QED) is 0.384. The highest BCUT2D eigenvalue weighted by atomic mass is 19.4. The number of pyridine rings is 1. The fraction of sp³-hybridized carbons (Fsp3) is 0.160. The Balaban J connectivity index is 1.31. The summed E-state index contributed by atoms with van der Waals surface area (Å²) in [5.41, 5.74) is 2.35. The second-order valence-corrected chi connectivity index (χ2v) is 8.67. The van der Waals surface area contributed by atoms with E-state index in [2.05, 4.69) is 40.8 Å². The predicted molar refractivity (Wildman–Crippen MR) is 136 cm³/mol. The third kappa shape index (κ3) is 4.67. The second-order valence-electron chi connectivity index (χ2n) is 8.67. The van der Waals surface area contributed by atoms with Gasteiger partial charge in [-0.3, -0.25) is 20.1 Å². The number of hydrogen-bond donors (Lipinski definition) is 2. The van der Waals surface area contributed by atoms with Crippen LogP contribution in [0.25, 0.3) is 11.6 Å². The van der Waals surface area contributed by atoms with E-state index in [1.807, 2.05) is 24.0 Å². The molecule has 0 atom stereocenters. The maximum Gasteiger partial charge on any atom is 0.416 e. The smallest absolute Gasteiger partial charge is 0.411 e. The molecule has 4 aromatic rings. The van der Waals surface area contributed by atoms with E-state index in [0.29, 0.717) is 30.4 Å². The standard InChI is InChI=1S/C25H18F3N9O2/c1-13-2-3-16(33-22(38)19-9-15(4-5-29-19)25(26,27)28)10-17(13)18-8-14-11-31-23(35-24-36-32-12-39-24)34-20(14)37-7-6-30-21(18)37/h2-5,8-12H,6-7H2,1H3,(H,33,38)(H,31,34,35,36). The fourth-order valence-electron chi connectivity index (χ4n) is 4.30. The molecule has 2 aliphatic rings. The van der Waals surface area contributed by atoms with Crippen molar-refractivity contribution in [1.29, 1.82) is 0 Å². The predicted octanol–water partition coefficient (Wildman–Crippen LogP) is 4.35. The lowest BCUT2D eigenvalue weighted by atomic mass is 9.94. The van der Waals surface area contributed by atoms with Gasteiger partial charge in [0.15, 0.2) is 0 Å². The number of fused-ring (bicyclic) bond motifs is 3. The minimum absolute atomic E-state index is 0.159. The first-order valence-electron chi connectivity index (χ1n) is 11.7. The molecule has 14 heteroatoms. The van der Waals surface area contributed by atoms with Crippen molar-refractivity contribution in [3.8, 4) is 0 Å². The maximum atomic E-state index is 13.1. The van der Waals surface area contributed by atoms with Crippen molar-refractivity contribution >= 4 is 46.9 Å². The lowest BCUT2D eigenvalue weighted by Gasteiger charge is -2.28. The van der Waals surface area contributed by atoms with E-state index in [0.717, 1.165) is 40.6 Å². The first kappa shape index (κ1) is 24.2. The van der Waals surface area contributed by atoms with Crippen LogP contribution in [0.15, 0.2) is 58.5 Å². The molecule has 6 rings (SSSR count). The molecule has 0 saturated carbocycles. The van der Waals surface area contributed by atoms with Crippen LogP contribution in [0.2, 0.25) is 0 Å². The van der Waals surface area contributed by atoms with Crippen LogP contribution in [0.3, 0.4) is 0 Å². The number of hydrogen-bond acceptors (Lipinski definition) is 10. The van der Waals surface area contributed by atoms with E-state index in [-0.39, 0.29) is 17.7 Å². The van der Waals surface area contributed by atoms with E-state index < -0.39 is 17.6 Å². The van der Waals surface area contributed by atoms with E-state index in [1.165, 1.54) is 6.39 Å². The van der Waals surface area contributed by atoms with Crippen LogP contribution in [0.1, 0.15) is 32.7 Å². The Bertz CT molecular complexity index is 1650. The average molecular weight is 533 g/mol. The van der Waals surface area contributed by atoms with Crippen molar-refractivity contribution in [2.75, 3.05) is 28.6 Å². The summed E-state index contributed by atoms with van der Waals surface area (Å²) in [6.07, 6.45) is 1.14. The molecule has 0 fully saturated rings. The van der Waals surface area contributed by atoms with Crippen molar-refractivity contribution in [1.82, 2.24) is 25.1 Å². The first-order valence-corrected chi connectivity index (χ1v) is 11.7. The molecular weight excluding hydrogens is 515 g/mol. The van der Waals surface area contributed by atoms with Crippen LogP contribution in [0.4, 0.5) is 36.6 Å². The zero-order chi connectivity index (χ0) is 27.1. The van der Waals surface area contributed by atoms with Crippen molar-refractivity contribution in [3.05, 3.63) is 77.1 Å². The number of rotatable bonds is 5. The average Bonchev–Trinajstić information content (AvgIpc) is 3.62. The third-order valence-corrected chi connectivity index (χ3v) is 6.12.